The van der Waals surface area contributed by atoms with Crippen LogP contribution in [0.5, 0.6) is 0 Å². The Morgan fingerprint density at radius 1 is 1.48 bits per heavy atom. The van der Waals surface area contributed by atoms with Gasteiger partial charge in [-0.25, -0.2) is 0 Å². The molecular weight excluding hydrogens is 272 g/mol. The molecule has 7 nitrogen and oxygen atoms in total. The van der Waals surface area contributed by atoms with E-state index in [2.05, 4.69) is 5.32 Å². The van der Waals surface area contributed by atoms with E-state index in [1.54, 1.807) is 26.4 Å². The monoisotopic (exact) mass is 296 g/mol. The number of amides is 2. The molecule has 0 fully saturated rings. The molecule has 7 heteroatoms. The van der Waals surface area contributed by atoms with E-state index in [0.29, 0.717) is 31.1 Å². The van der Waals surface area contributed by atoms with E-state index in [0.717, 1.165) is 6.42 Å². The molecule has 3 N–H and O–H groups in total. The number of likely N-dealkylation sites (N-methyl/N-ethyl adjacent to an activating group) is 1. The summed E-state index contributed by atoms with van der Waals surface area (Å²) in [4.78, 5) is 25.4. The zero-order valence-electron chi connectivity index (χ0n) is 12.9. The third-order valence-electron chi connectivity index (χ3n) is 2.96. The van der Waals surface area contributed by atoms with Gasteiger partial charge in [0, 0.05) is 33.4 Å². The number of carbonyl (C=O) groups is 2. The predicted molar refractivity (Wildman–Crippen MR) is 81.0 cm³/mol. The maximum Gasteiger partial charge on any atom is 0.270 e. The molecule has 0 unspecified atom stereocenters. The first-order chi connectivity index (χ1) is 9.99. The van der Waals surface area contributed by atoms with Gasteiger partial charge in [0.1, 0.15) is 5.69 Å². The second-order valence-electron chi connectivity index (χ2n) is 4.86. The van der Waals surface area contributed by atoms with Crippen LogP contribution in [0, 0.1) is 0 Å². The second kappa shape index (κ2) is 8.31. The van der Waals surface area contributed by atoms with Crippen molar-refractivity contribution in [1.82, 2.24) is 14.8 Å². The molecule has 0 spiro atoms. The molecule has 21 heavy (non-hydrogen) atoms. The SMILES string of the molecule is CCCn1cc(N)cc1C(=O)N(C)CC(=O)NCCOC. The van der Waals surface area contributed by atoms with Crippen molar-refractivity contribution in [3.63, 3.8) is 0 Å². The summed E-state index contributed by atoms with van der Waals surface area (Å²) in [5.41, 5.74) is 6.79. The number of aromatic nitrogens is 1. The molecule has 1 aromatic rings. The van der Waals surface area contributed by atoms with E-state index >= 15 is 0 Å². The summed E-state index contributed by atoms with van der Waals surface area (Å²) in [7, 11) is 3.16. The molecule has 1 aromatic heterocycles. The van der Waals surface area contributed by atoms with Gasteiger partial charge in [0.2, 0.25) is 5.91 Å². The summed E-state index contributed by atoms with van der Waals surface area (Å²) in [5.74, 6) is -0.438. The van der Waals surface area contributed by atoms with E-state index in [1.165, 1.54) is 4.90 Å². The number of carbonyl (C=O) groups excluding carboxylic acids is 2. The summed E-state index contributed by atoms with van der Waals surface area (Å²) in [6.07, 6.45) is 2.64. The van der Waals surface area contributed by atoms with Crippen LogP contribution in [0.1, 0.15) is 23.8 Å². The smallest absolute Gasteiger partial charge is 0.270 e. The zero-order valence-corrected chi connectivity index (χ0v) is 12.9. The van der Waals surface area contributed by atoms with Gasteiger partial charge in [0.05, 0.1) is 18.8 Å². The van der Waals surface area contributed by atoms with Crippen LogP contribution in [0.4, 0.5) is 5.69 Å². The largest absolute Gasteiger partial charge is 0.397 e. The van der Waals surface area contributed by atoms with Crippen LogP contribution in [-0.2, 0) is 16.1 Å². The average Bonchev–Trinajstić information content (AvgIpc) is 2.79. The van der Waals surface area contributed by atoms with Gasteiger partial charge in [-0.3, -0.25) is 9.59 Å². The molecule has 0 aromatic carbocycles. The zero-order chi connectivity index (χ0) is 15.8. The number of nitrogens with one attached hydrogen (secondary N) is 1. The van der Waals surface area contributed by atoms with Gasteiger partial charge in [-0.15, -0.1) is 0 Å². The van der Waals surface area contributed by atoms with Crippen molar-refractivity contribution in [3.8, 4) is 0 Å². The normalized spacial score (nSPS) is 10.4. The minimum Gasteiger partial charge on any atom is -0.397 e. The van der Waals surface area contributed by atoms with Gasteiger partial charge in [-0.05, 0) is 12.5 Å². The molecule has 0 saturated heterocycles. The van der Waals surface area contributed by atoms with Crippen molar-refractivity contribution in [2.45, 2.75) is 19.9 Å². The molecule has 0 atom stereocenters. The standard InChI is InChI=1S/C14H24N4O3/c1-4-6-18-9-11(15)8-12(18)14(20)17(2)10-13(19)16-5-7-21-3/h8-9H,4-7,10,15H2,1-3H3,(H,16,19). The Bertz CT molecular complexity index is 485. The Morgan fingerprint density at radius 3 is 2.81 bits per heavy atom. The molecule has 118 valence electrons. The van der Waals surface area contributed by atoms with Crippen molar-refractivity contribution < 1.29 is 14.3 Å². The molecule has 0 aliphatic heterocycles. The third kappa shape index (κ3) is 5.11. The highest BCUT2D eigenvalue weighted by Gasteiger charge is 2.18. The van der Waals surface area contributed by atoms with Crippen molar-refractivity contribution in [3.05, 3.63) is 18.0 Å². The summed E-state index contributed by atoms with van der Waals surface area (Å²) < 4.78 is 6.66. The van der Waals surface area contributed by atoms with Crippen LogP contribution in [0.25, 0.3) is 0 Å². The first kappa shape index (κ1) is 17.0. The van der Waals surface area contributed by atoms with Crippen LogP contribution in [0.2, 0.25) is 0 Å². The minimum absolute atomic E-state index is 0.000241. The van der Waals surface area contributed by atoms with Gasteiger partial charge < -0.3 is 25.3 Å². The van der Waals surface area contributed by atoms with Crippen molar-refractivity contribution >= 4 is 17.5 Å². The number of nitrogens with zero attached hydrogens (tertiary/aromatic N) is 2. The van der Waals surface area contributed by atoms with Crippen LogP contribution < -0.4 is 11.1 Å². The quantitative estimate of drug-likeness (QED) is 0.676. The van der Waals surface area contributed by atoms with Crippen LogP contribution >= 0.6 is 0 Å². The molecule has 0 radical (unpaired) electrons. The molecule has 2 amide bonds. The van der Waals surface area contributed by atoms with Crippen molar-refractivity contribution in [1.29, 1.82) is 0 Å². The van der Waals surface area contributed by atoms with E-state index in [4.69, 9.17) is 10.5 Å². The molecule has 1 rings (SSSR count). The lowest BCUT2D eigenvalue weighted by molar-refractivity contribution is -0.121. The van der Waals surface area contributed by atoms with Gasteiger partial charge in [-0.2, -0.15) is 0 Å². The van der Waals surface area contributed by atoms with E-state index in [1.807, 2.05) is 11.5 Å². The molecular formula is C14H24N4O3. The molecule has 0 bridgehead atoms. The minimum atomic E-state index is -0.220. The predicted octanol–water partition coefficient (Wildman–Crippen LogP) is 0.315. The fourth-order valence-electron chi connectivity index (χ4n) is 1.97. The van der Waals surface area contributed by atoms with E-state index in [-0.39, 0.29) is 18.4 Å². The van der Waals surface area contributed by atoms with Gasteiger partial charge in [-0.1, -0.05) is 6.92 Å². The summed E-state index contributed by atoms with van der Waals surface area (Å²) in [5, 5.41) is 2.68. The maximum absolute atomic E-state index is 12.4. The number of rotatable bonds is 8. The second-order valence-corrected chi connectivity index (χ2v) is 4.86. The highest BCUT2D eigenvalue weighted by Crippen LogP contribution is 2.13. The molecule has 0 aliphatic carbocycles. The average molecular weight is 296 g/mol. The maximum atomic E-state index is 12.4. The molecule has 1 heterocycles. The number of anilines is 1. The van der Waals surface area contributed by atoms with Crippen molar-refractivity contribution in [2.75, 3.05) is 39.6 Å². The van der Waals surface area contributed by atoms with Gasteiger partial charge in [0.25, 0.3) is 5.91 Å². The lowest BCUT2D eigenvalue weighted by Crippen LogP contribution is -2.39. The Hall–Kier alpha value is -2.02. The summed E-state index contributed by atoms with van der Waals surface area (Å²) in [6.45, 7) is 3.61. The van der Waals surface area contributed by atoms with Crippen molar-refractivity contribution in [2.24, 2.45) is 0 Å². The fourth-order valence-corrected chi connectivity index (χ4v) is 1.97. The Labute approximate surface area is 125 Å². The van der Waals surface area contributed by atoms with E-state index in [9.17, 15) is 9.59 Å². The molecule has 0 saturated carbocycles. The Balaban J connectivity index is 2.63. The number of aryl methyl sites for hydroxylation is 1. The number of hydrogen-bond acceptors (Lipinski definition) is 4. The number of ether oxygens (including phenoxy) is 1. The first-order valence-electron chi connectivity index (χ1n) is 6.96. The lowest BCUT2D eigenvalue weighted by Gasteiger charge is -2.18. The van der Waals surface area contributed by atoms with Crippen LogP contribution in [-0.4, -0.2) is 55.1 Å². The van der Waals surface area contributed by atoms with Gasteiger partial charge in [0.15, 0.2) is 0 Å². The number of nitrogen functional groups attached to an aromatic ring is 1. The third-order valence-corrected chi connectivity index (χ3v) is 2.96. The number of methoxy groups -OCH3 is 1. The van der Waals surface area contributed by atoms with Gasteiger partial charge >= 0.3 is 0 Å². The lowest BCUT2D eigenvalue weighted by atomic mass is 10.3. The highest BCUT2D eigenvalue weighted by molar-refractivity contribution is 5.96. The first-order valence-corrected chi connectivity index (χ1v) is 6.96. The summed E-state index contributed by atoms with van der Waals surface area (Å²) in [6, 6.07) is 1.64. The summed E-state index contributed by atoms with van der Waals surface area (Å²) >= 11 is 0. The molecule has 0 aliphatic rings. The Morgan fingerprint density at radius 2 is 2.19 bits per heavy atom. The van der Waals surface area contributed by atoms with Crippen LogP contribution in [0.3, 0.4) is 0 Å². The number of hydrogen-bond donors (Lipinski definition) is 2. The number of nitrogens with two attached hydrogens (primary N) is 1. The Kier molecular flexibility index (Phi) is 6.74. The van der Waals surface area contributed by atoms with Crippen LogP contribution in [0.15, 0.2) is 12.3 Å². The highest BCUT2D eigenvalue weighted by atomic mass is 16.5. The fraction of sp³-hybridized carbons (Fsp3) is 0.571. The topological polar surface area (TPSA) is 89.6 Å². The van der Waals surface area contributed by atoms with E-state index < -0.39 is 0 Å².